The number of ether oxygens (including phenoxy) is 2. The molecule has 1 N–H and O–H groups in total. The number of anilines is 1. The molecular formula is C27H27N3O4. The average molecular weight is 458 g/mol. The molecule has 1 heterocycles. The second kappa shape index (κ2) is 10.5. The van der Waals surface area contributed by atoms with Crippen molar-refractivity contribution in [2.24, 2.45) is 0 Å². The smallest absolute Gasteiger partial charge is 0.338 e. The van der Waals surface area contributed by atoms with Crippen LogP contribution in [0.25, 0.3) is 11.8 Å². The van der Waals surface area contributed by atoms with E-state index in [0.717, 1.165) is 28.2 Å². The fourth-order valence-electron chi connectivity index (χ4n) is 3.71. The molecule has 0 atom stereocenters. The van der Waals surface area contributed by atoms with Crippen molar-refractivity contribution < 1.29 is 19.1 Å². The summed E-state index contributed by atoms with van der Waals surface area (Å²) in [7, 11) is 1.52. The summed E-state index contributed by atoms with van der Waals surface area (Å²) in [5.74, 6) is -0.371. The van der Waals surface area contributed by atoms with Crippen LogP contribution in [0.5, 0.6) is 5.75 Å². The van der Waals surface area contributed by atoms with Gasteiger partial charge in [0.2, 0.25) is 0 Å². The van der Waals surface area contributed by atoms with Gasteiger partial charge >= 0.3 is 5.97 Å². The zero-order valence-corrected chi connectivity index (χ0v) is 19.9. The maximum Gasteiger partial charge on any atom is 0.338 e. The number of nitrogens with zero attached hydrogens (tertiary/aromatic N) is 2. The van der Waals surface area contributed by atoms with Crippen LogP contribution >= 0.6 is 0 Å². The molecule has 0 spiro atoms. The van der Waals surface area contributed by atoms with Gasteiger partial charge in [0.1, 0.15) is 17.4 Å². The maximum absolute atomic E-state index is 12.8. The Morgan fingerprint density at radius 2 is 1.79 bits per heavy atom. The van der Waals surface area contributed by atoms with E-state index in [9.17, 15) is 14.9 Å². The SMILES string of the molecule is CCOC(=O)c1ccc(-n2c(C)cc(/C=C(\C#N)C(=O)Nc3cc(C)ccc3OC)c2C)cc1. The van der Waals surface area contributed by atoms with Crippen molar-refractivity contribution in [2.75, 3.05) is 19.0 Å². The van der Waals surface area contributed by atoms with Crippen LogP contribution in [0.1, 0.15) is 39.8 Å². The molecule has 7 heteroatoms. The Morgan fingerprint density at radius 1 is 1.09 bits per heavy atom. The van der Waals surface area contributed by atoms with Crippen molar-refractivity contribution in [2.45, 2.75) is 27.7 Å². The van der Waals surface area contributed by atoms with Crippen molar-refractivity contribution in [3.05, 3.63) is 82.2 Å². The molecule has 3 rings (SSSR count). The molecule has 7 nitrogen and oxygen atoms in total. The van der Waals surface area contributed by atoms with E-state index in [1.54, 1.807) is 37.3 Å². The molecule has 1 amide bonds. The quantitative estimate of drug-likeness (QED) is 0.301. The maximum atomic E-state index is 12.8. The van der Waals surface area contributed by atoms with E-state index >= 15 is 0 Å². The number of benzene rings is 2. The third kappa shape index (κ3) is 5.18. The lowest BCUT2D eigenvalue weighted by molar-refractivity contribution is -0.112. The number of hydrogen-bond donors (Lipinski definition) is 1. The van der Waals surface area contributed by atoms with Gasteiger partial charge in [-0.15, -0.1) is 0 Å². The number of amides is 1. The first-order valence-corrected chi connectivity index (χ1v) is 10.8. The molecule has 0 aliphatic carbocycles. The number of carbonyl (C=O) groups excluding carboxylic acids is 2. The van der Waals surface area contributed by atoms with E-state index in [1.807, 2.05) is 55.7 Å². The van der Waals surface area contributed by atoms with Crippen molar-refractivity contribution in [3.8, 4) is 17.5 Å². The summed E-state index contributed by atoms with van der Waals surface area (Å²) in [4.78, 5) is 24.8. The number of aryl methyl sites for hydroxylation is 2. The molecule has 1 aromatic heterocycles. The number of esters is 1. The van der Waals surface area contributed by atoms with Gasteiger partial charge in [-0.2, -0.15) is 5.26 Å². The van der Waals surface area contributed by atoms with E-state index in [-0.39, 0.29) is 11.5 Å². The van der Waals surface area contributed by atoms with Gasteiger partial charge in [-0.1, -0.05) is 6.07 Å². The number of nitrogens with one attached hydrogen (secondary N) is 1. The second-order valence-electron chi connectivity index (χ2n) is 7.76. The van der Waals surface area contributed by atoms with Crippen LogP contribution in [0.4, 0.5) is 5.69 Å². The van der Waals surface area contributed by atoms with Gasteiger partial charge in [0.15, 0.2) is 0 Å². The number of rotatable bonds is 7. The predicted octanol–water partition coefficient (Wildman–Crippen LogP) is 5.13. The van der Waals surface area contributed by atoms with Gasteiger partial charge in [0, 0.05) is 17.1 Å². The summed E-state index contributed by atoms with van der Waals surface area (Å²) in [5.41, 5.74) is 5.28. The molecular weight excluding hydrogens is 430 g/mol. The van der Waals surface area contributed by atoms with Gasteiger partial charge in [-0.3, -0.25) is 4.79 Å². The monoisotopic (exact) mass is 457 g/mol. The summed E-state index contributed by atoms with van der Waals surface area (Å²) >= 11 is 0. The number of aromatic nitrogens is 1. The predicted molar refractivity (Wildman–Crippen MR) is 131 cm³/mol. The molecule has 34 heavy (non-hydrogen) atoms. The van der Waals surface area contributed by atoms with Gasteiger partial charge in [-0.05, 0) is 87.4 Å². The second-order valence-corrected chi connectivity index (χ2v) is 7.76. The highest BCUT2D eigenvalue weighted by Gasteiger charge is 2.16. The molecule has 0 aliphatic heterocycles. The number of nitriles is 1. The molecule has 174 valence electrons. The fourth-order valence-corrected chi connectivity index (χ4v) is 3.71. The van der Waals surface area contributed by atoms with Crippen LogP contribution in [0.3, 0.4) is 0 Å². The summed E-state index contributed by atoms with van der Waals surface area (Å²) in [6.45, 7) is 7.84. The molecule has 2 aromatic carbocycles. The van der Waals surface area contributed by atoms with Crippen molar-refractivity contribution >= 4 is 23.6 Å². The Morgan fingerprint density at radius 3 is 2.41 bits per heavy atom. The van der Waals surface area contributed by atoms with Crippen molar-refractivity contribution in [1.82, 2.24) is 4.57 Å². The number of hydrogen-bond acceptors (Lipinski definition) is 5. The Kier molecular flexibility index (Phi) is 7.54. The third-order valence-electron chi connectivity index (χ3n) is 5.38. The van der Waals surface area contributed by atoms with Gasteiger partial charge < -0.3 is 19.4 Å². The average Bonchev–Trinajstić information content (AvgIpc) is 3.10. The molecule has 3 aromatic rings. The number of carbonyl (C=O) groups is 2. The topological polar surface area (TPSA) is 93.4 Å². The van der Waals surface area contributed by atoms with E-state index in [2.05, 4.69) is 5.32 Å². The Bertz CT molecular complexity index is 1290. The van der Waals surface area contributed by atoms with Crippen LogP contribution in [0.2, 0.25) is 0 Å². The normalized spacial score (nSPS) is 11.0. The highest BCUT2D eigenvalue weighted by atomic mass is 16.5. The van der Waals surface area contributed by atoms with Gasteiger partial charge in [-0.25, -0.2) is 4.79 Å². The first-order valence-electron chi connectivity index (χ1n) is 10.8. The van der Waals surface area contributed by atoms with E-state index in [1.165, 1.54) is 7.11 Å². The standard InChI is InChI=1S/C27H27N3O4/c1-6-34-27(32)20-8-10-23(11-9-20)30-18(3)14-21(19(30)4)15-22(16-28)26(31)29-24-13-17(2)7-12-25(24)33-5/h7-15H,6H2,1-5H3,(H,29,31)/b22-15+. The molecule has 0 saturated carbocycles. The highest BCUT2D eigenvalue weighted by molar-refractivity contribution is 6.10. The Hall–Kier alpha value is -4.31. The van der Waals surface area contributed by atoms with E-state index in [0.29, 0.717) is 23.6 Å². The lowest BCUT2D eigenvalue weighted by Crippen LogP contribution is -2.14. The largest absolute Gasteiger partial charge is 0.495 e. The lowest BCUT2D eigenvalue weighted by Gasteiger charge is -2.11. The zero-order chi connectivity index (χ0) is 24.8. The first kappa shape index (κ1) is 24.3. The molecule has 0 radical (unpaired) electrons. The minimum atomic E-state index is -0.519. The van der Waals surface area contributed by atoms with E-state index in [4.69, 9.17) is 9.47 Å². The summed E-state index contributed by atoms with van der Waals surface area (Å²) in [5, 5.41) is 12.4. The Balaban J connectivity index is 1.90. The van der Waals surface area contributed by atoms with Crippen LogP contribution in [-0.4, -0.2) is 30.2 Å². The zero-order valence-electron chi connectivity index (χ0n) is 19.9. The van der Waals surface area contributed by atoms with Crippen LogP contribution in [0.15, 0.2) is 54.1 Å². The van der Waals surface area contributed by atoms with Gasteiger partial charge in [0.25, 0.3) is 5.91 Å². The summed E-state index contributed by atoms with van der Waals surface area (Å²) in [6.07, 6.45) is 1.57. The molecule has 0 fully saturated rings. The Labute approximate surface area is 199 Å². The van der Waals surface area contributed by atoms with Crippen molar-refractivity contribution in [3.63, 3.8) is 0 Å². The van der Waals surface area contributed by atoms with Crippen LogP contribution in [0, 0.1) is 32.1 Å². The minimum absolute atomic E-state index is 0.0264. The van der Waals surface area contributed by atoms with Crippen molar-refractivity contribution in [1.29, 1.82) is 5.26 Å². The fraction of sp³-hybridized carbons (Fsp3) is 0.222. The lowest BCUT2D eigenvalue weighted by atomic mass is 10.1. The highest BCUT2D eigenvalue weighted by Crippen LogP contribution is 2.27. The molecule has 0 bridgehead atoms. The van der Waals surface area contributed by atoms with Gasteiger partial charge in [0.05, 0.1) is 25.0 Å². The molecule has 0 aliphatic rings. The van der Waals surface area contributed by atoms with Crippen LogP contribution in [-0.2, 0) is 9.53 Å². The first-order chi connectivity index (χ1) is 16.3. The third-order valence-corrected chi connectivity index (χ3v) is 5.38. The number of methoxy groups -OCH3 is 1. The summed E-state index contributed by atoms with van der Waals surface area (Å²) < 4.78 is 12.3. The molecule has 0 saturated heterocycles. The van der Waals surface area contributed by atoms with Crippen LogP contribution < -0.4 is 10.1 Å². The minimum Gasteiger partial charge on any atom is -0.495 e. The summed E-state index contributed by atoms with van der Waals surface area (Å²) in [6, 6.07) is 16.4. The van der Waals surface area contributed by atoms with E-state index < -0.39 is 5.91 Å². The molecule has 0 unspecified atom stereocenters.